The second-order valence-electron chi connectivity index (χ2n) is 5.91. The summed E-state index contributed by atoms with van der Waals surface area (Å²) in [5, 5.41) is 0. The van der Waals surface area contributed by atoms with Crippen LogP contribution in [0, 0.1) is 0 Å². The Kier molecular flexibility index (Phi) is 6.37. The molecule has 2 aliphatic heterocycles. The minimum Gasteiger partial charge on any atom is -0.412 e. The van der Waals surface area contributed by atoms with Gasteiger partial charge in [-0.05, 0) is 72.8 Å². The number of nitrogens with zero attached hydrogens (tertiary/aromatic N) is 2. The molecule has 0 fully saturated rings. The van der Waals surface area contributed by atoms with Crippen LogP contribution in [0.3, 0.4) is 0 Å². The molecule has 0 aromatic carbocycles. The van der Waals surface area contributed by atoms with E-state index < -0.39 is 0 Å². The summed E-state index contributed by atoms with van der Waals surface area (Å²) in [6, 6.07) is 16.4. The van der Waals surface area contributed by atoms with E-state index in [1.807, 2.05) is 42.5 Å². The van der Waals surface area contributed by atoms with Gasteiger partial charge in [0, 0.05) is 46.0 Å². The zero-order valence-electron chi connectivity index (χ0n) is 14.3. The van der Waals surface area contributed by atoms with E-state index in [0.717, 1.165) is 44.8 Å². The molecule has 0 atom stereocenters. The van der Waals surface area contributed by atoms with Crippen LogP contribution in [0.2, 0.25) is 0 Å². The standard InChI is InChI=1S/C20H14N4.2H2O.Sn/c1-2-14-10-16-5-6-18(23-16)12-20-8-7-19(24-20)11-17-4-3-15(22-17)9-13(1)21-14;;;/h1-12,21-22H;2*1H2;. The molecule has 0 aliphatic carbocycles. The van der Waals surface area contributed by atoms with E-state index in [1.165, 1.54) is 0 Å². The first-order valence-corrected chi connectivity index (χ1v) is 7.85. The van der Waals surface area contributed by atoms with E-state index in [9.17, 15) is 0 Å². The Labute approximate surface area is 172 Å². The molecule has 3 aromatic rings. The van der Waals surface area contributed by atoms with Crippen LogP contribution < -0.4 is 0 Å². The summed E-state index contributed by atoms with van der Waals surface area (Å²) in [5.41, 5.74) is 7.86. The van der Waals surface area contributed by atoms with Gasteiger partial charge < -0.3 is 20.9 Å². The van der Waals surface area contributed by atoms with E-state index in [4.69, 9.17) is 0 Å². The maximum absolute atomic E-state index is 4.62. The Hall–Kier alpha value is -2.68. The Bertz CT molecular complexity index is 1090. The first-order valence-electron chi connectivity index (χ1n) is 7.85. The van der Waals surface area contributed by atoms with E-state index in [1.54, 1.807) is 0 Å². The molecule has 5 heterocycles. The second-order valence-corrected chi connectivity index (χ2v) is 5.91. The van der Waals surface area contributed by atoms with E-state index in [0.29, 0.717) is 0 Å². The van der Waals surface area contributed by atoms with Gasteiger partial charge in [0.15, 0.2) is 0 Å². The summed E-state index contributed by atoms with van der Waals surface area (Å²) in [7, 11) is 0. The Morgan fingerprint density at radius 2 is 0.815 bits per heavy atom. The summed E-state index contributed by atoms with van der Waals surface area (Å²) in [6.07, 6.45) is 8.05. The molecule has 6 nitrogen and oxygen atoms in total. The SMILES string of the molecule is C1=Cc2cc3ccc(cc4ccc(cc5nc(cc1n2)C=C5)[nH]4)[nH]3.O.O.[Sn]. The first kappa shape index (κ1) is 20.6. The summed E-state index contributed by atoms with van der Waals surface area (Å²) in [6.45, 7) is 0. The van der Waals surface area contributed by atoms with Crippen molar-refractivity contribution in [3.8, 4) is 0 Å². The predicted molar refractivity (Wildman–Crippen MR) is 112 cm³/mol. The van der Waals surface area contributed by atoms with Crippen molar-refractivity contribution in [2.24, 2.45) is 0 Å². The molecule has 5 rings (SSSR count). The fraction of sp³-hybridized carbons (Fsp3) is 0. The summed E-state index contributed by atoms with van der Waals surface area (Å²) < 4.78 is 0. The third-order valence-electron chi connectivity index (χ3n) is 4.04. The number of hydrogen-bond acceptors (Lipinski definition) is 2. The maximum Gasteiger partial charge on any atom is 0.0659 e. The molecule has 134 valence electrons. The van der Waals surface area contributed by atoms with Gasteiger partial charge in [0.1, 0.15) is 0 Å². The smallest absolute Gasteiger partial charge is 0.0659 e. The quantitative estimate of drug-likeness (QED) is 0.342. The number of nitrogens with one attached hydrogen (secondary N) is 2. The van der Waals surface area contributed by atoms with E-state index in [2.05, 4.69) is 50.3 Å². The Morgan fingerprint density at radius 3 is 1.22 bits per heavy atom. The summed E-state index contributed by atoms with van der Waals surface area (Å²) >= 11 is 0. The summed E-state index contributed by atoms with van der Waals surface area (Å²) in [5.74, 6) is 0. The molecule has 3 aromatic heterocycles. The molecule has 2 aliphatic rings. The average Bonchev–Trinajstić information content (AvgIpc) is 3.32. The molecule has 27 heavy (non-hydrogen) atoms. The Balaban J connectivity index is 0.000000871. The van der Waals surface area contributed by atoms with Crippen LogP contribution in [-0.4, -0.2) is 54.8 Å². The van der Waals surface area contributed by atoms with Crippen LogP contribution in [-0.2, 0) is 0 Å². The second kappa shape index (κ2) is 8.34. The van der Waals surface area contributed by atoms with E-state index in [-0.39, 0.29) is 34.9 Å². The normalized spacial score (nSPS) is 11.3. The molecule has 7 heteroatoms. The zero-order chi connectivity index (χ0) is 15.9. The van der Waals surface area contributed by atoms with Crippen LogP contribution in [0.5, 0.6) is 0 Å². The van der Waals surface area contributed by atoms with Crippen molar-refractivity contribution in [1.82, 2.24) is 19.9 Å². The van der Waals surface area contributed by atoms with Crippen molar-refractivity contribution in [3.05, 3.63) is 71.3 Å². The molecule has 0 amide bonds. The molecule has 0 unspecified atom stereocenters. The van der Waals surface area contributed by atoms with Gasteiger partial charge in [-0.2, -0.15) is 0 Å². The monoisotopic (exact) mass is 466 g/mol. The number of rotatable bonds is 0. The van der Waals surface area contributed by atoms with Crippen molar-refractivity contribution in [1.29, 1.82) is 0 Å². The number of aromatic amines is 2. The number of hydrogen-bond donors (Lipinski definition) is 2. The average molecular weight is 465 g/mol. The molecule has 0 saturated carbocycles. The van der Waals surface area contributed by atoms with Gasteiger partial charge in [-0.15, -0.1) is 0 Å². The minimum atomic E-state index is 0. The number of aromatic nitrogens is 4. The van der Waals surface area contributed by atoms with Crippen molar-refractivity contribution < 1.29 is 11.0 Å². The number of H-pyrrole nitrogens is 2. The third-order valence-corrected chi connectivity index (χ3v) is 4.04. The van der Waals surface area contributed by atoms with Gasteiger partial charge in [-0.25, -0.2) is 9.97 Å². The molecule has 4 radical (unpaired) electrons. The number of fused-ring (bicyclic) bond motifs is 8. The fourth-order valence-electron chi connectivity index (χ4n) is 2.94. The summed E-state index contributed by atoms with van der Waals surface area (Å²) in [4.78, 5) is 16.0. The maximum atomic E-state index is 4.62. The van der Waals surface area contributed by atoms with Gasteiger partial charge in [0.2, 0.25) is 0 Å². The minimum absolute atomic E-state index is 0. The molecule has 8 bridgehead atoms. The van der Waals surface area contributed by atoms with Crippen molar-refractivity contribution in [2.45, 2.75) is 0 Å². The largest absolute Gasteiger partial charge is 0.412 e. The van der Waals surface area contributed by atoms with Gasteiger partial charge in [0.05, 0.1) is 22.8 Å². The zero-order valence-corrected chi connectivity index (χ0v) is 17.2. The first-order chi connectivity index (χ1) is 11.8. The van der Waals surface area contributed by atoms with Crippen LogP contribution in [0.15, 0.2) is 48.5 Å². The fourth-order valence-corrected chi connectivity index (χ4v) is 2.94. The van der Waals surface area contributed by atoms with Crippen molar-refractivity contribution >= 4 is 70.3 Å². The topological polar surface area (TPSA) is 120 Å². The van der Waals surface area contributed by atoms with Crippen molar-refractivity contribution in [2.75, 3.05) is 0 Å². The molecular formula is C20H18N4O2Sn. The van der Waals surface area contributed by atoms with Gasteiger partial charge in [-0.3, -0.25) is 0 Å². The van der Waals surface area contributed by atoms with Crippen molar-refractivity contribution in [3.63, 3.8) is 0 Å². The predicted octanol–water partition coefficient (Wildman–Crippen LogP) is 2.63. The van der Waals surface area contributed by atoms with Gasteiger partial charge in [-0.1, -0.05) is 0 Å². The molecule has 0 spiro atoms. The molecule has 6 N–H and O–H groups in total. The van der Waals surface area contributed by atoms with Gasteiger partial charge in [0.25, 0.3) is 0 Å². The van der Waals surface area contributed by atoms with Gasteiger partial charge >= 0.3 is 0 Å². The Morgan fingerprint density at radius 1 is 0.481 bits per heavy atom. The molecular weight excluding hydrogens is 447 g/mol. The molecule has 0 saturated heterocycles. The van der Waals surface area contributed by atoms with Crippen LogP contribution in [0.4, 0.5) is 0 Å². The van der Waals surface area contributed by atoms with Crippen LogP contribution in [0.25, 0.3) is 46.4 Å². The van der Waals surface area contributed by atoms with Crippen LogP contribution in [0.1, 0.15) is 22.8 Å². The third kappa shape index (κ3) is 4.36. The van der Waals surface area contributed by atoms with Crippen LogP contribution >= 0.6 is 0 Å². The van der Waals surface area contributed by atoms with E-state index >= 15 is 0 Å².